The zero-order chi connectivity index (χ0) is 20.1. The summed E-state index contributed by atoms with van der Waals surface area (Å²) in [5.41, 5.74) is 8.80. The second kappa shape index (κ2) is 8.44. The van der Waals surface area contributed by atoms with Gasteiger partial charge in [0.25, 0.3) is 0 Å². The maximum absolute atomic E-state index is 4.54. The van der Waals surface area contributed by atoms with Crippen LogP contribution in [0.3, 0.4) is 0 Å². The summed E-state index contributed by atoms with van der Waals surface area (Å²) < 4.78 is 1.91. The van der Waals surface area contributed by atoms with E-state index in [0.717, 1.165) is 46.9 Å². The zero-order valence-electron chi connectivity index (χ0n) is 16.5. The fraction of sp³-hybridized carbons (Fsp3) is 0.174. The molecule has 1 aliphatic rings. The number of benzene rings is 2. The van der Waals surface area contributed by atoms with Crippen LogP contribution in [0.15, 0.2) is 70.9 Å². The number of nitrogens with one attached hydrogen (secondary N) is 2. The third kappa shape index (κ3) is 4.36. The quantitative estimate of drug-likeness (QED) is 0.416. The number of hydrogen-bond donors (Lipinski definition) is 2. The summed E-state index contributed by atoms with van der Waals surface area (Å²) in [4.78, 5) is 4.27. The molecule has 0 radical (unpaired) electrons. The number of hydrazone groups is 1. The van der Waals surface area contributed by atoms with E-state index in [0.29, 0.717) is 5.96 Å². The van der Waals surface area contributed by atoms with E-state index < -0.39 is 0 Å². The van der Waals surface area contributed by atoms with Crippen molar-refractivity contribution in [3.63, 3.8) is 0 Å². The smallest absolute Gasteiger partial charge is 0.212 e. The Hall–Kier alpha value is -3.85. The normalized spacial score (nSPS) is 13.3. The van der Waals surface area contributed by atoms with Crippen molar-refractivity contribution in [3.05, 3.63) is 83.2 Å². The monoisotopic (exact) mass is 382 g/mol. The molecule has 2 N–H and O–H groups in total. The molecular weight excluding hydrogens is 360 g/mol. The Kier molecular flexibility index (Phi) is 5.39. The first-order valence-electron chi connectivity index (χ1n) is 9.52. The van der Waals surface area contributed by atoms with Gasteiger partial charge in [-0.25, -0.2) is 15.1 Å². The van der Waals surface area contributed by atoms with Crippen LogP contribution >= 0.6 is 0 Å². The van der Waals surface area contributed by atoms with Gasteiger partial charge < -0.3 is 5.32 Å². The summed E-state index contributed by atoms with van der Waals surface area (Å²) in [6.45, 7) is 5.62. The minimum Gasteiger partial charge on any atom is -0.353 e. The van der Waals surface area contributed by atoms with E-state index in [1.54, 1.807) is 0 Å². The Morgan fingerprint density at radius 3 is 2.48 bits per heavy atom. The van der Waals surface area contributed by atoms with Gasteiger partial charge in [0.15, 0.2) is 0 Å². The van der Waals surface area contributed by atoms with E-state index in [9.17, 15) is 0 Å². The lowest BCUT2D eigenvalue weighted by atomic mass is 10.1. The van der Waals surface area contributed by atoms with Crippen LogP contribution in [0, 0.1) is 18.8 Å². The molecule has 2 heterocycles. The first kappa shape index (κ1) is 18.5. The van der Waals surface area contributed by atoms with Gasteiger partial charge in [-0.1, -0.05) is 30.0 Å². The molecule has 0 fully saturated rings. The Balaban J connectivity index is 1.50. The molecule has 6 heteroatoms. The zero-order valence-corrected chi connectivity index (χ0v) is 16.5. The highest BCUT2D eigenvalue weighted by Gasteiger charge is 2.11. The lowest BCUT2D eigenvalue weighted by molar-refractivity contribution is 0.846. The van der Waals surface area contributed by atoms with E-state index in [-0.39, 0.29) is 0 Å². The van der Waals surface area contributed by atoms with Gasteiger partial charge in [0.1, 0.15) is 0 Å². The average Bonchev–Trinajstić information content (AvgIpc) is 3.41. The molecule has 0 atom stereocenters. The van der Waals surface area contributed by atoms with Crippen LogP contribution < -0.4 is 10.7 Å². The lowest BCUT2D eigenvalue weighted by Crippen LogP contribution is -2.30. The maximum atomic E-state index is 4.54. The molecule has 0 saturated heterocycles. The van der Waals surface area contributed by atoms with Gasteiger partial charge in [0, 0.05) is 23.2 Å². The largest absolute Gasteiger partial charge is 0.353 e. The number of guanidine groups is 1. The van der Waals surface area contributed by atoms with Crippen molar-refractivity contribution < 1.29 is 0 Å². The maximum Gasteiger partial charge on any atom is 0.212 e. The summed E-state index contributed by atoms with van der Waals surface area (Å²) in [6.07, 6.45) is 1.84. The van der Waals surface area contributed by atoms with Crippen LogP contribution in [0.1, 0.15) is 29.3 Å². The Morgan fingerprint density at radius 1 is 1.07 bits per heavy atom. The van der Waals surface area contributed by atoms with E-state index in [1.165, 1.54) is 0 Å². The average molecular weight is 382 g/mol. The van der Waals surface area contributed by atoms with E-state index in [4.69, 9.17) is 0 Å². The van der Waals surface area contributed by atoms with Crippen LogP contribution in [0.5, 0.6) is 0 Å². The third-order valence-electron chi connectivity index (χ3n) is 4.64. The second-order valence-electron chi connectivity index (χ2n) is 6.68. The number of nitrogens with zero attached hydrogens (tertiary/aromatic N) is 4. The van der Waals surface area contributed by atoms with Gasteiger partial charge in [0.2, 0.25) is 5.96 Å². The molecule has 6 nitrogen and oxygen atoms in total. The van der Waals surface area contributed by atoms with Crippen molar-refractivity contribution in [3.8, 4) is 17.5 Å². The molecule has 2 aromatic carbocycles. The van der Waals surface area contributed by atoms with Gasteiger partial charge >= 0.3 is 0 Å². The summed E-state index contributed by atoms with van der Waals surface area (Å²) in [5.74, 6) is 7.08. The first-order chi connectivity index (χ1) is 14.2. The van der Waals surface area contributed by atoms with Crippen LogP contribution in [0.2, 0.25) is 0 Å². The van der Waals surface area contributed by atoms with Crippen molar-refractivity contribution in [1.29, 1.82) is 0 Å². The van der Waals surface area contributed by atoms with Crippen LogP contribution in [0.25, 0.3) is 5.69 Å². The van der Waals surface area contributed by atoms with Crippen LogP contribution in [-0.4, -0.2) is 34.5 Å². The first-order valence-corrected chi connectivity index (χ1v) is 9.52. The second-order valence-corrected chi connectivity index (χ2v) is 6.68. The molecule has 4 rings (SSSR count). The highest BCUT2D eigenvalue weighted by atomic mass is 15.4. The Morgan fingerprint density at radius 2 is 1.79 bits per heavy atom. The highest BCUT2D eigenvalue weighted by Crippen LogP contribution is 2.15. The fourth-order valence-electron chi connectivity index (χ4n) is 3.05. The molecule has 1 aliphatic heterocycles. The minimum absolute atomic E-state index is 0.710. The van der Waals surface area contributed by atoms with Crippen molar-refractivity contribution in [2.75, 3.05) is 13.1 Å². The SMILES string of the molecule is C/C(=N\NC1=NCCN1)c1cnn(-c2ccc(C#Cc3ccccc3)cc2)c1C. The molecule has 3 aromatic rings. The van der Waals surface area contributed by atoms with E-state index in [1.807, 2.05) is 79.3 Å². The standard InChI is InChI=1S/C23H22N6/c1-17(27-28-23-24-14-15-25-23)22-16-26-29(18(22)2)21-12-10-20(11-13-21)9-8-19-6-4-3-5-7-19/h3-7,10-13,16H,14-15H2,1-2H3,(H2,24,25,28)/b27-17+. The van der Waals surface area contributed by atoms with Crippen molar-refractivity contribution in [1.82, 2.24) is 20.5 Å². The summed E-state index contributed by atoms with van der Waals surface area (Å²) in [5, 5.41) is 12.1. The molecule has 0 saturated carbocycles. The van der Waals surface area contributed by atoms with Gasteiger partial charge in [-0.05, 0) is 50.2 Å². The van der Waals surface area contributed by atoms with Gasteiger partial charge in [-0.2, -0.15) is 10.2 Å². The summed E-state index contributed by atoms with van der Waals surface area (Å²) >= 11 is 0. The minimum atomic E-state index is 0.710. The molecule has 0 unspecified atom stereocenters. The lowest BCUT2D eigenvalue weighted by Gasteiger charge is -2.06. The molecule has 0 bridgehead atoms. The van der Waals surface area contributed by atoms with Gasteiger partial charge in [0.05, 0.1) is 29.8 Å². The van der Waals surface area contributed by atoms with Gasteiger partial charge in [-0.15, -0.1) is 0 Å². The molecule has 29 heavy (non-hydrogen) atoms. The number of rotatable bonds is 3. The predicted molar refractivity (Wildman–Crippen MR) is 116 cm³/mol. The Labute approximate surface area is 170 Å². The molecule has 1 aromatic heterocycles. The predicted octanol–water partition coefficient (Wildman–Crippen LogP) is 2.85. The fourth-order valence-corrected chi connectivity index (χ4v) is 3.05. The highest BCUT2D eigenvalue weighted by molar-refractivity contribution is 6.00. The molecule has 0 spiro atoms. The molecule has 144 valence electrons. The molecule has 0 amide bonds. The van der Waals surface area contributed by atoms with Crippen LogP contribution in [-0.2, 0) is 0 Å². The molecular formula is C23H22N6. The van der Waals surface area contributed by atoms with Crippen molar-refractivity contribution >= 4 is 11.7 Å². The Bertz CT molecular complexity index is 1110. The van der Waals surface area contributed by atoms with E-state index >= 15 is 0 Å². The summed E-state index contributed by atoms with van der Waals surface area (Å²) in [7, 11) is 0. The van der Waals surface area contributed by atoms with Crippen molar-refractivity contribution in [2.24, 2.45) is 10.1 Å². The number of hydrogen-bond acceptors (Lipinski definition) is 5. The van der Waals surface area contributed by atoms with Crippen molar-refractivity contribution in [2.45, 2.75) is 13.8 Å². The number of aromatic nitrogens is 2. The summed E-state index contributed by atoms with van der Waals surface area (Å²) in [6, 6.07) is 18.1. The van der Waals surface area contributed by atoms with Gasteiger partial charge in [-0.3, -0.25) is 0 Å². The third-order valence-corrected chi connectivity index (χ3v) is 4.64. The topological polar surface area (TPSA) is 66.6 Å². The van der Waals surface area contributed by atoms with E-state index in [2.05, 4.69) is 37.8 Å². The molecule has 0 aliphatic carbocycles. The number of aliphatic imine (C=N–C) groups is 1. The van der Waals surface area contributed by atoms with Crippen LogP contribution in [0.4, 0.5) is 0 Å².